The summed E-state index contributed by atoms with van der Waals surface area (Å²) in [7, 11) is 0. The van der Waals surface area contributed by atoms with E-state index in [2.05, 4.69) is 10.3 Å². The van der Waals surface area contributed by atoms with E-state index in [4.69, 9.17) is 4.74 Å². The number of carbonyl (C=O) groups is 2. The SMILES string of the molecule is C[C@@H](NC(=O)OC(C)(C)C)c1cccc(-c2ccc(C=O)cn2)c1. The minimum absolute atomic E-state index is 0.200. The normalized spacial score (nSPS) is 12.3. The molecule has 0 saturated heterocycles. The summed E-state index contributed by atoms with van der Waals surface area (Å²) in [6.07, 6.45) is 1.85. The standard InChI is InChI=1S/C19H22N2O3/c1-13(21-18(23)24-19(2,3)4)15-6-5-7-16(10-15)17-9-8-14(12-22)11-20-17/h5-13H,1-4H3,(H,21,23)/t13-/m1/s1. The maximum atomic E-state index is 11.9. The van der Waals surface area contributed by atoms with Crippen LogP contribution in [-0.4, -0.2) is 23.0 Å². The Morgan fingerprint density at radius 2 is 2.00 bits per heavy atom. The van der Waals surface area contributed by atoms with E-state index < -0.39 is 11.7 Å². The zero-order chi connectivity index (χ0) is 17.7. The molecule has 0 radical (unpaired) electrons. The summed E-state index contributed by atoms with van der Waals surface area (Å²) in [4.78, 5) is 26.9. The van der Waals surface area contributed by atoms with Crippen molar-refractivity contribution in [1.82, 2.24) is 10.3 Å². The molecular weight excluding hydrogens is 304 g/mol. The van der Waals surface area contributed by atoms with Crippen molar-refractivity contribution in [3.8, 4) is 11.3 Å². The number of alkyl carbamates (subject to hydrolysis) is 1. The van der Waals surface area contributed by atoms with Gasteiger partial charge in [0.05, 0.1) is 11.7 Å². The van der Waals surface area contributed by atoms with Gasteiger partial charge in [-0.15, -0.1) is 0 Å². The summed E-state index contributed by atoms with van der Waals surface area (Å²) in [5.74, 6) is 0. The van der Waals surface area contributed by atoms with Gasteiger partial charge in [0.1, 0.15) is 5.60 Å². The van der Waals surface area contributed by atoms with E-state index in [0.29, 0.717) is 5.56 Å². The maximum Gasteiger partial charge on any atom is 0.408 e. The minimum atomic E-state index is -0.532. The second kappa shape index (κ2) is 7.25. The Morgan fingerprint density at radius 1 is 1.25 bits per heavy atom. The van der Waals surface area contributed by atoms with E-state index >= 15 is 0 Å². The Labute approximate surface area is 142 Å². The third-order valence-corrected chi connectivity index (χ3v) is 3.34. The lowest BCUT2D eigenvalue weighted by molar-refractivity contribution is 0.0508. The van der Waals surface area contributed by atoms with E-state index in [1.807, 2.05) is 52.0 Å². The molecule has 0 aliphatic carbocycles. The molecule has 126 valence electrons. The summed E-state index contributed by atoms with van der Waals surface area (Å²) in [6.45, 7) is 7.37. The number of amides is 1. The Hall–Kier alpha value is -2.69. The van der Waals surface area contributed by atoms with Crippen molar-refractivity contribution in [1.29, 1.82) is 0 Å². The summed E-state index contributed by atoms with van der Waals surface area (Å²) in [6, 6.07) is 11.1. The average Bonchev–Trinajstić information content (AvgIpc) is 2.53. The van der Waals surface area contributed by atoms with E-state index in [9.17, 15) is 9.59 Å². The lowest BCUT2D eigenvalue weighted by atomic mass is 10.0. The van der Waals surface area contributed by atoms with Crippen molar-refractivity contribution < 1.29 is 14.3 Å². The van der Waals surface area contributed by atoms with Gasteiger partial charge < -0.3 is 10.1 Å². The molecule has 1 heterocycles. The lowest BCUT2D eigenvalue weighted by Crippen LogP contribution is -2.34. The highest BCUT2D eigenvalue weighted by Gasteiger charge is 2.18. The zero-order valence-corrected chi connectivity index (χ0v) is 14.4. The lowest BCUT2D eigenvalue weighted by Gasteiger charge is -2.22. The van der Waals surface area contributed by atoms with Gasteiger partial charge in [-0.2, -0.15) is 0 Å². The number of rotatable bonds is 4. The molecule has 5 nitrogen and oxygen atoms in total. The molecule has 24 heavy (non-hydrogen) atoms. The average molecular weight is 326 g/mol. The van der Waals surface area contributed by atoms with Crippen LogP contribution in [0, 0.1) is 0 Å². The first-order valence-corrected chi connectivity index (χ1v) is 7.79. The molecule has 1 aromatic carbocycles. The topological polar surface area (TPSA) is 68.3 Å². The van der Waals surface area contributed by atoms with Gasteiger partial charge in [-0.1, -0.05) is 18.2 Å². The van der Waals surface area contributed by atoms with Gasteiger partial charge in [0, 0.05) is 17.3 Å². The first-order chi connectivity index (χ1) is 11.3. The third-order valence-electron chi connectivity index (χ3n) is 3.34. The van der Waals surface area contributed by atoms with Gasteiger partial charge in [-0.25, -0.2) is 4.79 Å². The summed E-state index contributed by atoms with van der Waals surface area (Å²) >= 11 is 0. The molecule has 1 N–H and O–H groups in total. The van der Waals surface area contributed by atoms with Gasteiger partial charge in [-0.05, 0) is 51.5 Å². The van der Waals surface area contributed by atoms with Crippen molar-refractivity contribution in [2.75, 3.05) is 0 Å². The predicted molar refractivity (Wildman–Crippen MR) is 92.8 cm³/mol. The molecule has 0 unspecified atom stereocenters. The van der Waals surface area contributed by atoms with Crippen LogP contribution >= 0.6 is 0 Å². The van der Waals surface area contributed by atoms with Crippen LogP contribution in [0.3, 0.4) is 0 Å². The molecule has 0 bridgehead atoms. The number of benzene rings is 1. The number of hydrogen-bond acceptors (Lipinski definition) is 4. The second-order valence-electron chi connectivity index (χ2n) is 6.59. The molecule has 5 heteroatoms. The monoisotopic (exact) mass is 326 g/mol. The van der Waals surface area contributed by atoms with Crippen LogP contribution in [-0.2, 0) is 4.74 Å². The molecule has 1 aromatic heterocycles. The molecule has 0 aliphatic heterocycles. The number of pyridine rings is 1. The number of hydrogen-bond donors (Lipinski definition) is 1. The van der Waals surface area contributed by atoms with E-state index in [1.165, 1.54) is 6.20 Å². The first kappa shape index (κ1) is 17.7. The molecule has 0 spiro atoms. The van der Waals surface area contributed by atoms with Crippen LogP contribution in [0.1, 0.15) is 49.7 Å². The van der Waals surface area contributed by atoms with Crippen molar-refractivity contribution >= 4 is 12.4 Å². The summed E-state index contributed by atoms with van der Waals surface area (Å²) < 4.78 is 5.27. The van der Waals surface area contributed by atoms with Crippen LogP contribution in [0.5, 0.6) is 0 Å². The molecule has 2 aromatic rings. The van der Waals surface area contributed by atoms with Crippen LogP contribution in [0.15, 0.2) is 42.6 Å². The highest BCUT2D eigenvalue weighted by molar-refractivity contribution is 5.75. The molecule has 1 amide bonds. The maximum absolute atomic E-state index is 11.9. The fraction of sp³-hybridized carbons (Fsp3) is 0.316. The fourth-order valence-electron chi connectivity index (χ4n) is 2.18. The predicted octanol–water partition coefficient (Wildman–Crippen LogP) is 4.15. The zero-order valence-electron chi connectivity index (χ0n) is 14.4. The quantitative estimate of drug-likeness (QED) is 0.857. The van der Waals surface area contributed by atoms with Crippen molar-refractivity contribution in [2.24, 2.45) is 0 Å². The Bertz CT molecular complexity index is 718. The Balaban J connectivity index is 2.14. The summed E-state index contributed by atoms with van der Waals surface area (Å²) in [5, 5.41) is 2.82. The number of aromatic nitrogens is 1. The Morgan fingerprint density at radius 3 is 2.58 bits per heavy atom. The number of carbonyl (C=O) groups excluding carboxylic acids is 2. The minimum Gasteiger partial charge on any atom is -0.444 e. The third kappa shape index (κ3) is 4.91. The summed E-state index contributed by atoms with van der Waals surface area (Å²) in [5.41, 5.74) is 2.64. The molecule has 1 atom stereocenters. The van der Waals surface area contributed by atoms with Crippen LogP contribution in [0.25, 0.3) is 11.3 Å². The fourth-order valence-corrected chi connectivity index (χ4v) is 2.18. The Kier molecular flexibility index (Phi) is 5.34. The molecule has 0 fully saturated rings. The number of nitrogens with zero attached hydrogens (tertiary/aromatic N) is 1. The van der Waals surface area contributed by atoms with Crippen molar-refractivity contribution in [3.63, 3.8) is 0 Å². The van der Waals surface area contributed by atoms with E-state index in [1.54, 1.807) is 12.1 Å². The number of aldehydes is 1. The first-order valence-electron chi connectivity index (χ1n) is 7.79. The van der Waals surface area contributed by atoms with Crippen molar-refractivity contribution in [3.05, 3.63) is 53.7 Å². The largest absolute Gasteiger partial charge is 0.444 e. The van der Waals surface area contributed by atoms with Crippen LogP contribution < -0.4 is 5.32 Å². The highest BCUT2D eigenvalue weighted by Crippen LogP contribution is 2.22. The number of ether oxygens (including phenoxy) is 1. The highest BCUT2D eigenvalue weighted by atomic mass is 16.6. The van der Waals surface area contributed by atoms with Crippen LogP contribution in [0.2, 0.25) is 0 Å². The molecule has 2 rings (SSSR count). The molecule has 0 aliphatic rings. The van der Waals surface area contributed by atoms with Gasteiger partial charge in [0.15, 0.2) is 6.29 Å². The van der Waals surface area contributed by atoms with Gasteiger partial charge in [-0.3, -0.25) is 9.78 Å². The molecular formula is C19H22N2O3. The van der Waals surface area contributed by atoms with Crippen LogP contribution in [0.4, 0.5) is 4.79 Å². The number of nitrogens with one attached hydrogen (secondary N) is 1. The second-order valence-corrected chi connectivity index (χ2v) is 6.59. The van der Waals surface area contributed by atoms with Gasteiger partial charge in [0.2, 0.25) is 0 Å². The van der Waals surface area contributed by atoms with Crippen molar-refractivity contribution in [2.45, 2.75) is 39.3 Å². The smallest absolute Gasteiger partial charge is 0.408 e. The van der Waals surface area contributed by atoms with Gasteiger partial charge >= 0.3 is 6.09 Å². The van der Waals surface area contributed by atoms with Gasteiger partial charge in [0.25, 0.3) is 0 Å². The van der Waals surface area contributed by atoms with E-state index in [0.717, 1.165) is 23.1 Å². The molecule has 0 saturated carbocycles. The van der Waals surface area contributed by atoms with E-state index in [-0.39, 0.29) is 6.04 Å².